The lowest BCUT2D eigenvalue weighted by Crippen LogP contribution is -2.35. The minimum atomic E-state index is -0.918. The molecule has 0 bridgehead atoms. The van der Waals surface area contributed by atoms with Gasteiger partial charge in [0.1, 0.15) is 11.9 Å². The van der Waals surface area contributed by atoms with Crippen LogP contribution < -0.4 is 10.5 Å². The zero-order valence-electron chi connectivity index (χ0n) is 10.3. The average molecular weight is 249 g/mol. The third kappa shape index (κ3) is 3.01. The Balaban J connectivity index is 2.01. The van der Waals surface area contributed by atoms with Gasteiger partial charge in [-0.25, -0.2) is 4.79 Å². The summed E-state index contributed by atoms with van der Waals surface area (Å²) in [6.45, 7) is 0.651. The lowest BCUT2D eigenvalue weighted by Gasteiger charge is -2.31. The van der Waals surface area contributed by atoms with Gasteiger partial charge in [0, 0.05) is 5.92 Å². The van der Waals surface area contributed by atoms with Crippen molar-refractivity contribution in [1.29, 1.82) is 0 Å². The van der Waals surface area contributed by atoms with E-state index in [1.807, 2.05) is 0 Å². The van der Waals surface area contributed by atoms with Crippen molar-refractivity contribution in [2.24, 2.45) is 11.7 Å². The molecule has 1 aromatic rings. The Morgan fingerprint density at radius 3 is 2.56 bits per heavy atom. The van der Waals surface area contributed by atoms with Crippen molar-refractivity contribution in [2.45, 2.75) is 31.8 Å². The van der Waals surface area contributed by atoms with Crippen LogP contribution in [0.25, 0.3) is 0 Å². The van der Waals surface area contributed by atoms with E-state index in [9.17, 15) is 4.79 Å². The van der Waals surface area contributed by atoms with Crippen molar-refractivity contribution in [3.05, 3.63) is 29.8 Å². The third-order valence-electron chi connectivity index (χ3n) is 3.53. The van der Waals surface area contributed by atoms with Gasteiger partial charge in [-0.05, 0) is 50.1 Å². The summed E-state index contributed by atoms with van der Waals surface area (Å²) < 4.78 is 5.92. The SMILES string of the molecule is NCC1CCCCC1Oc1ccc(C(=O)O)cc1. The summed E-state index contributed by atoms with van der Waals surface area (Å²) in [6.07, 6.45) is 4.71. The van der Waals surface area contributed by atoms with E-state index in [0.717, 1.165) is 18.6 Å². The predicted octanol–water partition coefficient (Wildman–Crippen LogP) is 2.28. The first-order valence-corrected chi connectivity index (χ1v) is 6.41. The fourth-order valence-corrected chi connectivity index (χ4v) is 2.45. The van der Waals surface area contributed by atoms with Gasteiger partial charge in [-0.2, -0.15) is 0 Å². The average Bonchev–Trinajstić information content (AvgIpc) is 2.40. The van der Waals surface area contributed by atoms with Crippen LogP contribution in [-0.2, 0) is 0 Å². The highest BCUT2D eigenvalue weighted by Crippen LogP contribution is 2.27. The predicted molar refractivity (Wildman–Crippen MR) is 68.8 cm³/mol. The molecule has 1 saturated carbocycles. The number of ether oxygens (including phenoxy) is 1. The molecular weight excluding hydrogens is 230 g/mol. The first-order chi connectivity index (χ1) is 8.70. The van der Waals surface area contributed by atoms with Crippen molar-refractivity contribution >= 4 is 5.97 Å². The Morgan fingerprint density at radius 1 is 1.28 bits per heavy atom. The zero-order valence-corrected chi connectivity index (χ0v) is 10.3. The van der Waals surface area contributed by atoms with E-state index in [4.69, 9.17) is 15.6 Å². The van der Waals surface area contributed by atoms with Gasteiger partial charge in [0.25, 0.3) is 0 Å². The normalized spacial score (nSPS) is 23.6. The van der Waals surface area contributed by atoms with Crippen LogP contribution in [-0.4, -0.2) is 23.7 Å². The summed E-state index contributed by atoms with van der Waals surface area (Å²) in [7, 11) is 0. The number of benzene rings is 1. The summed E-state index contributed by atoms with van der Waals surface area (Å²) in [5.41, 5.74) is 6.03. The van der Waals surface area contributed by atoms with Crippen molar-refractivity contribution in [3.63, 3.8) is 0 Å². The molecule has 4 nitrogen and oxygen atoms in total. The number of carboxylic acid groups (broad SMARTS) is 1. The first-order valence-electron chi connectivity index (χ1n) is 6.41. The van der Waals surface area contributed by atoms with Crippen LogP contribution in [0.4, 0.5) is 0 Å². The van der Waals surface area contributed by atoms with E-state index in [1.165, 1.54) is 12.8 Å². The molecule has 0 amide bonds. The molecule has 18 heavy (non-hydrogen) atoms. The van der Waals surface area contributed by atoms with E-state index in [0.29, 0.717) is 12.5 Å². The number of hydrogen-bond acceptors (Lipinski definition) is 3. The van der Waals surface area contributed by atoms with E-state index < -0.39 is 5.97 Å². The molecule has 0 radical (unpaired) electrons. The Hall–Kier alpha value is -1.55. The lowest BCUT2D eigenvalue weighted by molar-refractivity contribution is 0.0696. The molecular formula is C14H19NO3. The monoisotopic (exact) mass is 249 g/mol. The second kappa shape index (κ2) is 5.87. The first kappa shape index (κ1) is 12.9. The minimum Gasteiger partial charge on any atom is -0.490 e. The quantitative estimate of drug-likeness (QED) is 0.858. The van der Waals surface area contributed by atoms with Crippen molar-refractivity contribution in [1.82, 2.24) is 0 Å². The summed E-state index contributed by atoms with van der Waals surface area (Å²) in [5, 5.41) is 8.82. The third-order valence-corrected chi connectivity index (χ3v) is 3.53. The van der Waals surface area contributed by atoms with E-state index in [-0.39, 0.29) is 11.7 Å². The number of carboxylic acids is 1. The largest absolute Gasteiger partial charge is 0.490 e. The van der Waals surface area contributed by atoms with Crippen LogP contribution in [0.2, 0.25) is 0 Å². The summed E-state index contributed by atoms with van der Waals surface area (Å²) in [6, 6.07) is 6.56. The molecule has 0 aromatic heterocycles. The fraction of sp³-hybridized carbons (Fsp3) is 0.500. The number of carbonyl (C=O) groups is 1. The maximum absolute atomic E-state index is 10.7. The fourth-order valence-electron chi connectivity index (χ4n) is 2.45. The van der Waals surface area contributed by atoms with Crippen molar-refractivity contribution in [3.8, 4) is 5.75 Å². The second-order valence-electron chi connectivity index (χ2n) is 4.77. The second-order valence-corrected chi connectivity index (χ2v) is 4.77. The van der Waals surface area contributed by atoms with E-state index >= 15 is 0 Å². The molecule has 1 aliphatic rings. The molecule has 2 unspecified atom stereocenters. The van der Waals surface area contributed by atoms with Gasteiger partial charge in [0.15, 0.2) is 0 Å². The van der Waals surface area contributed by atoms with E-state index in [1.54, 1.807) is 24.3 Å². The molecule has 0 spiro atoms. The molecule has 3 N–H and O–H groups in total. The Labute approximate surface area is 107 Å². The molecule has 1 fully saturated rings. The Bertz CT molecular complexity index is 402. The van der Waals surface area contributed by atoms with Crippen LogP contribution in [0.3, 0.4) is 0 Å². The molecule has 98 valence electrons. The van der Waals surface area contributed by atoms with Gasteiger partial charge >= 0.3 is 5.97 Å². The van der Waals surface area contributed by atoms with Crippen LogP contribution in [0.5, 0.6) is 5.75 Å². The van der Waals surface area contributed by atoms with Crippen molar-refractivity contribution < 1.29 is 14.6 Å². The smallest absolute Gasteiger partial charge is 0.335 e. The summed E-state index contributed by atoms with van der Waals surface area (Å²) in [5.74, 6) is 0.224. The van der Waals surface area contributed by atoms with Gasteiger partial charge in [-0.3, -0.25) is 0 Å². The standard InChI is InChI=1S/C14H19NO3/c15-9-11-3-1-2-4-13(11)18-12-7-5-10(6-8-12)14(16)17/h5-8,11,13H,1-4,9,15H2,(H,16,17). The van der Waals surface area contributed by atoms with Crippen LogP contribution in [0.15, 0.2) is 24.3 Å². The number of aromatic carboxylic acids is 1. The molecule has 0 saturated heterocycles. The Morgan fingerprint density at radius 2 is 1.94 bits per heavy atom. The van der Waals surface area contributed by atoms with E-state index in [2.05, 4.69) is 0 Å². The zero-order chi connectivity index (χ0) is 13.0. The van der Waals surface area contributed by atoms with Crippen LogP contribution in [0, 0.1) is 5.92 Å². The van der Waals surface area contributed by atoms with Crippen LogP contribution in [0.1, 0.15) is 36.0 Å². The molecule has 4 heteroatoms. The molecule has 1 aromatic carbocycles. The topological polar surface area (TPSA) is 72.5 Å². The highest BCUT2D eigenvalue weighted by atomic mass is 16.5. The number of rotatable bonds is 4. The van der Waals surface area contributed by atoms with Gasteiger partial charge in [0.05, 0.1) is 5.56 Å². The lowest BCUT2D eigenvalue weighted by atomic mass is 9.86. The molecule has 0 aliphatic heterocycles. The highest BCUT2D eigenvalue weighted by Gasteiger charge is 2.25. The van der Waals surface area contributed by atoms with Crippen molar-refractivity contribution in [2.75, 3.05) is 6.54 Å². The highest BCUT2D eigenvalue weighted by molar-refractivity contribution is 5.87. The maximum atomic E-state index is 10.7. The van der Waals surface area contributed by atoms with Gasteiger partial charge in [0.2, 0.25) is 0 Å². The molecule has 2 atom stereocenters. The van der Waals surface area contributed by atoms with Crippen LogP contribution >= 0.6 is 0 Å². The molecule has 2 rings (SSSR count). The Kier molecular flexibility index (Phi) is 4.20. The summed E-state index contributed by atoms with van der Waals surface area (Å²) >= 11 is 0. The number of hydrogen-bond donors (Lipinski definition) is 2. The minimum absolute atomic E-state index is 0.166. The summed E-state index contributed by atoms with van der Waals surface area (Å²) in [4.78, 5) is 10.7. The van der Waals surface area contributed by atoms with Gasteiger partial charge < -0.3 is 15.6 Å². The maximum Gasteiger partial charge on any atom is 0.335 e. The van der Waals surface area contributed by atoms with Gasteiger partial charge in [-0.1, -0.05) is 6.42 Å². The molecule has 1 aliphatic carbocycles. The number of nitrogens with two attached hydrogens (primary N) is 1. The van der Waals surface area contributed by atoms with Gasteiger partial charge in [-0.15, -0.1) is 0 Å². The molecule has 0 heterocycles.